The minimum atomic E-state index is 0.607. The second-order valence-electron chi connectivity index (χ2n) is 8.62. The molecule has 0 amide bonds. The molecule has 2 rings (SSSR count). The van der Waals surface area contributed by atoms with Crippen LogP contribution in [0.15, 0.2) is 72.9 Å². The van der Waals surface area contributed by atoms with Crippen LogP contribution in [-0.4, -0.2) is 23.5 Å². The van der Waals surface area contributed by atoms with Gasteiger partial charge in [-0.3, -0.25) is 4.90 Å². The van der Waals surface area contributed by atoms with E-state index in [9.17, 15) is 0 Å². The van der Waals surface area contributed by atoms with E-state index in [1.807, 2.05) is 25.2 Å². The van der Waals surface area contributed by atoms with Gasteiger partial charge in [0.05, 0.1) is 0 Å². The fourth-order valence-corrected chi connectivity index (χ4v) is 4.37. The third-order valence-corrected chi connectivity index (χ3v) is 6.06. The molecule has 30 heavy (non-hydrogen) atoms. The molecule has 1 fully saturated rings. The Labute approximate surface area is 185 Å². The van der Waals surface area contributed by atoms with Crippen molar-refractivity contribution in [1.82, 2.24) is 4.90 Å². The van der Waals surface area contributed by atoms with Crippen molar-refractivity contribution in [3.05, 3.63) is 84.0 Å². The first-order valence-electron chi connectivity index (χ1n) is 11.5. The van der Waals surface area contributed by atoms with Gasteiger partial charge in [0.15, 0.2) is 0 Å². The Bertz CT molecular complexity index is 812. The number of nitrogens with zero attached hydrogens (tertiary/aromatic N) is 1. The maximum absolute atomic E-state index is 4.13. The topological polar surface area (TPSA) is 3.24 Å². The summed E-state index contributed by atoms with van der Waals surface area (Å²) in [4.78, 5) is 2.72. The minimum Gasteiger partial charge on any atom is -0.296 e. The van der Waals surface area contributed by atoms with Crippen LogP contribution >= 0.6 is 0 Å². The molecule has 1 heteroatoms. The molecule has 1 nitrogen and oxygen atoms in total. The SMILES string of the molecule is C=C/C=C\C=C(/C)C#Cc1ccc([C@H]2C(C)N(CCCCC)[C@H]2CCC(=C)C)cc1. The zero-order chi connectivity index (χ0) is 21.9. The average Bonchev–Trinajstić information content (AvgIpc) is 2.73. The monoisotopic (exact) mass is 401 g/mol. The Kier molecular flexibility index (Phi) is 9.92. The van der Waals surface area contributed by atoms with Gasteiger partial charge in [0, 0.05) is 23.6 Å². The lowest BCUT2D eigenvalue weighted by molar-refractivity contribution is -0.00995. The number of hydrogen-bond donors (Lipinski definition) is 0. The van der Waals surface area contributed by atoms with Crippen molar-refractivity contribution in [3.8, 4) is 11.8 Å². The van der Waals surface area contributed by atoms with Crippen LogP contribution in [0.4, 0.5) is 0 Å². The highest BCUT2D eigenvalue weighted by atomic mass is 15.3. The molecule has 0 saturated carbocycles. The number of rotatable bonds is 10. The quantitative estimate of drug-likeness (QED) is 0.170. The number of likely N-dealkylation sites (tertiary alicyclic amines) is 1. The molecule has 0 spiro atoms. The molecule has 3 atom stereocenters. The lowest BCUT2D eigenvalue weighted by Gasteiger charge is -2.55. The van der Waals surface area contributed by atoms with E-state index in [1.54, 1.807) is 6.08 Å². The van der Waals surface area contributed by atoms with Crippen LogP contribution in [0.5, 0.6) is 0 Å². The van der Waals surface area contributed by atoms with Crippen LogP contribution in [0, 0.1) is 11.8 Å². The zero-order valence-corrected chi connectivity index (χ0v) is 19.5. The van der Waals surface area contributed by atoms with E-state index in [2.05, 4.69) is 74.9 Å². The first-order chi connectivity index (χ1) is 14.5. The smallest absolute Gasteiger partial charge is 0.0249 e. The fourth-order valence-electron chi connectivity index (χ4n) is 4.37. The number of hydrogen-bond acceptors (Lipinski definition) is 1. The first-order valence-corrected chi connectivity index (χ1v) is 11.5. The highest BCUT2D eigenvalue weighted by molar-refractivity contribution is 5.43. The van der Waals surface area contributed by atoms with Gasteiger partial charge in [0.1, 0.15) is 0 Å². The molecule has 1 unspecified atom stereocenters. The molecule has 0 N–H and O–H groups in total. The minimum absolute atomic E-state index is 0.607. The van der Waals surface area contributed by atoms with Crippen molar-refractivity contribution < 1.29 is 0 Å². The van der Waals surface area contributed by atoms with Crippen LogP contribution in [0.2, 0.25) is 0 Å². The number of benzene rings is 1. The van der Waals surface area contributed by atoms with E-state index in [-0.39, 0.29) is 0 Å². The molecule has 1 aromatic rings. The van der Waals surface area contributed by atoms with Gasteiger partial charge in [-0.25, -0.2) is 0 Å². The van der Waals surface area contributed by atoms with Gasteiger partial charge in [0.2, 0.25) is 0 Å². The van der Waals surface area contributed by atoms with Crippen LogP contribution in [0.25, 0.3) is 0 Å². The Morgan fingerprint density at radius 2 is 1.87 bits per heavy atom. The van der Waals surface area contributed by atoms with E-state index in [1.165, 1.54) is 43.4 Å². The third-order valence-electron chi connectivity index (χ3n) is 6.06. The summed E-state index contributed by atoms with van der Waals surface area (Å²) in [6.45, 7) is 17.9. The second kappa shape index (κ2) is 12.4. The summed E-state index contributed by atoms with van der Waals surface area (Å²) in [6, 6.07) is 10.2. The van der Waals surface area contributed by atoms with Gasteiger partial charge in [0.25, 0.3) is 0 Å². The van der Waals surface area contributed by atoms with Gasteiger partial charge in [-0.15, -0.1) is 6.58 Å². The molecule has 0 aromatic heterocycles. The first kappa shape index (κ1) is 24.0. The van der Waals surface area contributed by atoms with Crippen molar-refractivity contribution >= 4 is 0 Å². The van der Waals surface area contributed by atoms with E-state index in [0.29, 0.717) is 18.0 Å². The summed E-state index contributed by atoms with van der Waals surface area (Å²) in [5.74, 6) is 7.12. The van der Waals surface area contributed by atoms with E-state index < -0.39 is 0 Å². The number of unbranched alkanes of at least 4 members (excludes halogenated alkanes) is 2. The van der Waals surface area contributed by atoms with Crippen molar-refractivity contribution in [1.29, 1.82) is 0 Å². The molecule has 1 heterocycles. The Balaban J connectivity index is 2.09. The highest BCUT2D eigenvalue weighted by Crippen LogP contribution is 2.43. The zero-order valence-electron chi connectivity index (χ0n) is 19.5. The highest BCUT2D eigenvalue weighted by Gasteiger charge is 2.45. The lowest BCUT2D eigenvalue weighted by Crippen LogP contribution is -2.61. The van der Waals surface area contributed by atoms with E-state index >= 15 is 0 Å². The molecule has 1 saturated heterocycles. The third kappa shape index (κ3) is 6.89. The summed E-state index contributed by atoms with van der Waals surface area (Å²) in [6.07, 6.45) is 13.9. The molecule has 1 aromatic carbocycles. The van der Waals surface area contributed by atoms with Crippen LogP contribution in [0.1, 0.15) is 76.8 Å². The van der Waals surface area contributed by atoms with Gasteiger partial charge in [-0.2, -0.15) is 0 Å². The standard InChI is InChI=1S/C29H39N/c1-7-9-11-13-24(5)15-16-26-17-19-27(20-18-26)29-25(6)30(22-12-10-8-2)28(29)21-14-23(3)4/h7,9,11,13,17-20,25,28-29H,1,3,8,10,12,14,21-22H2,2,4-6H3/b11-9-,24-13+/t25?,28-,29+/m0/s1. The molecule has 0 radical (unpaired) electrons. The van der Waals surface area contributed by atoms with E-state index in [4.69, 9.17) is 0 Å². The molecular formula is C29H39N. The summed E-state index contributed by atoms with van der Waals surface area (Å²) in [5.41, 5.74) is 4.86. The Morgan fingerprint density at radius 1 is 1.13 bits per heavy atom. The average molecular weight is 402 g/mol. The lowest BCUT2D eigenvalue weighted by atomic mass is 9.73. The van der Waals surface area contributed by atoms with Crippen LogP contribution < -0.4 is 0 Å². The molecule has 0 bridgehead atoms. The number of allylic oxidation sites excluding steroid dienone is 6. The van der Waals surface area contributed by atoms with Crippen molar-refractivity contribution in [3.63, 3.8) is 0 Å². The summed E-state index contributed by atoms with van der Waals surface area (Å²) in [7, 11) is 0. The van der Waals surface area contributed by atoms with Crippen molar-refractivity contribution in [2.75, 3.05) is 6.54 Å². The van der Waals surface area contributed by atoms with Crippen molar-refractivity contribution in [2.24, 2.45) is 0 Å². The van der Waals surface area contributed by atoms with E-state index in [0.717, 1.165) is 17.6 Å². The van der Waals surface area contributed by atoms with Gasteiger partial charge in [-0.05, 0) is 69.8 Å². The summed E-state index contributed by atoms with van der Waals surface area (Å²) < 4.78 is 0. The molecule has 160 valence electrons. The van der Waals surface area contributed by atoms with Gasteiger partial charge in [-0.1, -0.05) is 80.2 Å². The Morgan fingerprint density at radius 3 is 2.50 bits per heavy atom. The molecular weight excluding hydrogens is 362 g/mol. The second-order valence-corrected chi connectivity index (χ2v) is 8.62. The largest absolute Gasteiger partial charge is 0.296 e. The molecule has 1 aliphatic rings. The fraction of sp³-hybridized carbons (Fsp3) is 0.448. The molecule has 0 aliphatic carbocycles. The van der Waals surface area contributed by atoms with Crippen molar-refractivity contribution in [2.45, 2.75) is 77.8 Å². The maximum Gasteiger partial charge on any atom is 0.0249 e. The van der Waals surface area contributed by atoms with Crippen LogP contribution in [0.3, 0.4) is 0 Å². The normalized spacial score (nSPS) is 21.7. The molecule has 1 aliphatic heterocycles. The summed E-state index contributed by atoms with van der Waals surface area (Å²) in [5, 5.41) is 0. The predicted molar refractivity (Wildman–Crippen MR) is 133 cm³/mol. The van der Waals surface area contributed by atoms with Crippen LogP contribution in [-0.2, 0) is 0 Å². The van der Waals surface area contributed by atoms with Gasteiger partial charge >= 0.3 is 0 Å². The summed E-state index contributed by atoms with van der Waals surface area (Å²) >= 11 is 0. The Hall–Kier alpha value is -2.30. The van der Waals surface area contributed by atoms with Gasteiger partial charge < -0.3 is 0 Å². The maximum atomic E-state index is 4.13. The predicted octanol–water partition coefficient (Wildman–Crippen LogP) is 7.43.